The molecule has 11 heteroatoms. The molecule has 1 aromatic heterocycles. The van der Waals surface area contributed by atoms with Crippen LogP contribution < -0.4 is 15.8 Å². The smallest absolute Gasteiger partial charge is 0.185 e. The number of nitrogens with two attached hydrogens (primary N) is 1. The summed E-state index contributed by atoms with van der Waals surface area (Å²) in [5.74, 6) is -1.10. The molecular formula is C32H35ClF3N5OS. The van der Waals surface area contributed by atoms with Crippen molar-refractivity contribution >= 4 is 29.3 Å². The fourth-order valence-electron chi connectivity index (χ4n) is 4.84. The van der Waals surface area contributed by atoms with Crippen molar-refractivity contribution in [3.8, 4) is 11.4 Å². The number of hydrogen-bond donors (Lipinski definition) is 3. The molecule has 0 aliphatic carbocycles. The molecule has 6 nitrogen and oxygen atoms in total. The molecule has 0 fully saturated rings. The van der Waals surface area contributed by atoms with Gasteiger partial charge in [-0.05, 0) is 78.9 Å². The van der Waals surface area contributed by atoms with Gasteiger partial charge in [0, 0.05) is 29.0 Å². The van der Waals surface area contributed by atoms with Crippen LogP contribution in [0.4, 0.5) is 13.2 Å². The number of guanidine groups is 1. The molecule has 0 spiro atoms. The Bertz CT molecular complexity index is 1550. The van der Waals surface area contributed by atoms with E-state index in [-0.39, 0.29) is 23.1 Å². The second kappa shape index (κ2) is 14.2. The molecule has 4 N–H and O–H groups in total. The third-order valence-corrected chi connectivity index (χ3v) is 8.62. The molecule has 1 heterocycles. The van der Waals surface area contributed by atoms with Gasteiger partial charge in [0.15, 0.2) is 11.1 Å². The van der Waals surface area contributed by atoms with E-state index in [9.17, 15) is 4.39 Å². The lowest BCUT2D eigenvalue weighted by Gasteiger charge is -2.28. The predicted molar refractivity (Wildman–Crippen MR) is 167 cm³/mol. The summed E-state index contributed by atoms with van der Waals surface area (Å²) in [6, 6.07) is 14.4. The van der Waals surface area contributed by atoms with Gasteiger partial charge in [-0.15, -0.1) is 0 Å². The monoisotopic (exact) mass is 629 g/mol. The second-order valence-electron chi connectivity index (χ2n) is 10.7. The van der Waals surface area contributed by atoms with Crippen LogP contribution in [-0.2, 0) is 17.6 Å². The Morgan fingerprint density at radius 3 is 2.40 bits per heavy atom. The number of rotatable bonds is 13. The fraction of sp³-hybridized carbons (Fsp3) is 0.312. The number of nitrogens with one attached hydrogen (secondary N) is 2. The molecule has 0 saturated carbocycles. The molecule has 0 amide bonds. The van der Waals surface area contributed by atoms with E-state index >= 15 is 8.78 Å². The predicted octanol–water partition coefficient (Wildman–Crippen LogP) is 7.77. The number of benzene rings is 3. The summed E-state index contributed by atoms with van der Waals surface area (Å²) in [5, 5.41) is 10.9. The topological polar surface area (TPSA) is 88.9 Å². The van der Waals surface area contributed by atoms with Crippen molar-refractivity contribution < 1.29 is 17.9 Å². The highest BCUT2D eigenvalue weighted by atomic mass is 35.5. The molecule has 0 saturated heterocycles. The molecule has 0 aliphatic rings. The number of methoxy groups -OCH3 is 1. The number of nitrogens with zero attached hydrogens (tertiary/aromatic N) is 2. The first kappa shape index (κ1) is 32.3. The maximum atomic E-state index is 15.1. The Morgan fingerprint density at radius 2 is 1.74 bits per heavy atom. The Balaban J connectivity index is 1.57. The lowest BCUT2D eigenvalue weighted by atomic mass is 9.81. The van der Waals surface area contributed by atoms with Crippen LogP contribution in [0, 0.1) is 22.9 Å². The van der Waals surface area contributed by atoms with E-state index in [1.54, 1.807) is 31.5 Å². The number of ether oxygens (including phenoxy) is 1. The summed E-state index contributed by atoms with van der Waals surface area (Å²) >= 11 is 7.47. The Kier molecular flexibility index (Phi) is 10.7. The Morgan fingerprint density at radius 1 is 1.05 bits per heavy atom. The zero-order chi connectivity index (χ0) is 31.1. The minimum absolute atomic E-state index is 0.0154. The number of imidazole rings is 1. The van der Waals surface area contributed by atoms with Crippen LogP contribution in [0.5, 0.6) is 5.75 Å². The lowest BCUT2D eigenvalue weighted by Crippen LogP contribution is -2.30. The van der Waals surface area contributed by atoms with Gasteiger partial charge in [0.25, 0.3) is 0 Å². The van der Waals surface area contributed by atoms with Gasteiger partial charge in [0.1, 0.15) is 23.2 Å². The van der Waals surface area contributed by atoms with Crippen molar-refractivity contribution in [3.05, 3.63) is 106 Å². The fourth-order valence-corrected chi connectivity index (χ4v) is 6.05. The van der Waals surface area contributed by atoms with Crippen LogP contribution in [0.25, 0.3) is 5.69 Å². The summed E-state index contributed by atoms with van der Waals surface area (Å²) in [6.45, 7) is 4.65. The van der Waals surface area contributed by atoms with E-state index < -0.39 is 17.0 Å². The molecule has 0 aliphatic heterocycles. The molecule has 43 heavy (non-hydrogen) atoms. The largest absolute Gasteiger partial charge is 0.495 e. The SMILES string of the molecule is COc1cc(C(C)(C)c2cnc(SCc3c(F)cc(CCCCCNC(=N)N)cc3F)n2-c2ccc(F)cc2)ccc1Cl. The lowest BCUT2D eigenvalue weighted by molar-refractivity contribution is 0.413. The van der Waals surface area contributed by atoms with Crippen LogP contribution >= 0.6 is 23.4 Å². The van der Waals surface area contributed by atoms with Gasteiger partial charge in [-0.1, -0.05) is 49.7 Å². The Hall–Kier alpha value is -3.63. The minimum atomic E-state index is -0.602. The van der Waals surface area contributed by atoms with Crippen molar-refractivity contribution in [1.29, 1.82) is 5.41 Å². The van der Waals surface area contributed by atoms with Crippen molar-refractivity contribution in [2.75, 3.05) is 13.7 Å². The van der Waals surface area contributed by atoms with Crippen molar-refractivity contribution in [1.82, 2.24) is 14.9 Å². The van der Waals surface area contributed by atoms with E-state index in [1.807, 2.05) is 30.5 Å². The summed E-state index contributed by atoms with van der Waals surface area (Å²) in [6.07, 6.45) is 4.69. The standard InChI is InChI=1S/C32H35ClF3N5OS/c1-32(2,21-8-13-25(33)28(17-21)42-3)29-18-40-31(41(29)23-11-9-22(34)10-12-23)43-19-24-26(35)15-20(16-27(24)36)7-5-4-6-14-39-30(37)38/h8-13,15-18H,4-7,14,19H2,1-3H3,(H4,37,38,39). The molecule has 3 aromatic carbocycles. The van der Waals surface area contributed by atoms with Crippen LogP contribution in [0.3, 0.4) is 0 Å². The highest BCUT2D eigenvalue weighted by Crippen LogP contribution is 2.39. The molecule has 0 unspecified atom stereocenters. The van der Waals surface area contributed by atoms with Gasteiger partial charge in [0.2, 0.25) is 0 Å². The van der Waals surface area contributed by atoms with Crippen LogP contribution in [0.15, 0.2) is 66.0 Å². The van der Waals surface area contributed by atoms with Crippen molar-refractivity contribution in [2.45, 2.75) is 55.9 Å². The number of aromatic nitrogens is 2. The first-order valence-corrected chi connectivity index (χ1v) is 15.2. The zero-order valence-electron chi connectivity index (χ0n) is 24.3. The normalized spacial score (nSPS) is 11.5. The van der Waals surface area contributed by atoms with Crippen molar-refractivity contribution in [3.63, 3.8) is 0 Å². The number of thioether (sulfide) groups is 1. The molecule has 0 atom stereocenters. The molecule has 228 valence electrons. The van der Waals surface area contributed by atoms with Gasteiger partial charge in [-0.2, -0.15) is 0 Å². The molecule has 0 bridgehead atoms. The molecule has 0 radical (unpaired) electrons. The number of aryl methyl sites for hydroxylation is 1. The highest BCUT2D eigenvalue weighted by Gasteiger charge is 2.30. The zero-order valence-corrected chi connectivity index (χ0v) is 25.9. The second-order valence-corrected chi connectivity index (χ2v) is 12.0. The third kappa shape index (κ3) is 7.86. The number of hydrogen-bond acceptors (Lipinski definition) is 4. The maximum absolute atomic E-state index is 15.1. The molecule has 4 rings (SSSR count). The van der Waals surface area contributed by atoms with Gasteiger partial charge >= 0.3 is 0 Å². The summed E-state index contributed by atoms with van der Waals surface area (Å²) in [4.78, 5) is 4.64. The Labute approximate surface area is 259 Å². The van der Waals surface area contributed by atoms with E-state index in [0.717, 1.165) is 30.5 Å². The van der Waals surface area contributed by atoms with Gasteiger partial charge in [0.05, 0.1) is 24.0 Å². The molecule has 4 aromatic rings. The van der Waals surface area contributed by atoms with E-state index in [1.165, 1.54) is 36.0 Å². The summed E-state index contributed by atoms with van der Waals surface area (Å²) in [7, 11) is 1.55. The maximum Gasteiger partial charge on any atom is 0.185 e. The van der Waals surface area contributed by atoms with Crippen LogP contribution in [0.2, 0.25) is 5.02 Å². The van der Waals surface area contributed by atoms with E-state index in [4.69, 9.17) is 27.5 Å². The molecular weight excluding hydrogens is 595 g/mol. The van der Waals surface area contributed by atoms with E-state index in [0.29, 0.717) is 40.1 Å². The van der Waals surface area contributed by atoms with E-state index in [2.05, 4.69) is 10.3 Å². The first-order valence-electron chi connectivity index (χ1n) is 13.9. The minimum Gasteiger partial charge on any atom is -0.495 e. The average molecular weight is 630 g/mol. The van der Waals surface area contributed by atoms with Crippen LogP contribution in [-0.4, -0.2) is 29.2 Å². The van der Waals surface area contributed by atoms with Gasteiger partial charge in [-0.25, -0.2) is 18.2 Å². The van der Waals surface area contributed by atoms with Gasteiger partial charge < -0.3 is 15.8 Å². The summed E-state index contributed by atoms with van der Waals surface area (Å²) in [5.41, 5.74) is 7.61. The third-order valence-electron chi connectivity index (χ3n) is 7.33. The average Bonchev–Trinajstić information content (AvgIpc) is 3.39. The first-order chi connectivity index (χ1) is 20.5. The van der Waals surface area contributed by atoms with Crippen LogP contribution in [0.1, 0.15) is 55.5 Å². The summed E-state index contributed by atoms with van der Waals surface area (Å²) < 4.78 is 51.4. The number of halogens is 4. The highest BCUT2D eigenvalue weighted by molar-refractivity contribution is 7.98. The van der Waals surface area contributed by atoms with Crippen molar-refractivity contribution in [2.24, 2.45) is 5.73 Å². The number of unbranched alkanes of at least 4 members (excludes halogenated alkanes) is 2. The van der Waals surface area contributed by atoms with Gasteiger partial charge in [-0.3, -0.25) is 9.98 Å². The quantitative estimate of drug-likeness (QED) is 0.0609.